The van der Waals surface area contributed by atoms with Gasteiger partial charge >= 0.3 is 0 Å². The summed E-state index contributed by atoms with van der Waals surface area (Å²) in [5.74, 6) is 0. The second kappa shape index (κ2) is 2.30. The minimum Gasteiger partial charge on any atom is -0.188 e. The van der Waals surface area contributed by atoms with E-state index in [1.807, 2.05) is 18.2 Å². The van der Waals surface area contributed by atoms with Gasteiger partial charge in [-0.3, -0.25) is 0 Å². The third kappa shape index (κ3) is 1.06. The molecule has 0 spiro atoms. The normalized spacial score (nSPS) is 13.7. The summed E-state index contributed by atoms with van der Waals surface area (Å²) in [5, 5.41) is 1.79. The van der Waals surface area contributed by atoms with E-state index in [0.717, 1.165) is 17.0 Å². The third-order valence-electron chi connectivity index (χ3n) is 1.75. The summed E-state index contributed by atoms with van der Waals surface area (Å²) >= 11 is 0. The Morgan fingerprint density at radius 1 is 1.45 bits per heavy atom. The largest absolute Gasteiger partial charge is 0.199 e. The lowest BCUT2D eigenvalue weighted by Gasteiger charge is -1.95. The van der Waals surface area contributed by atoms with Crippen molar-refractivity contribution in [1.82, 2.24) is 4.98 Å². The van der Waals surface area contributed by atoms with Crippen molar-refractivity contribution in [2.24, 2.45) is 0 Å². The zero-order valence-electron chi connectivity index (χ0n) is 6.12. The van der Waals surface area contributed by atoms with Gasteiger partial charge in [0.15, 0.2) is 5.22 Å². The van der Waals surface area contributed by atoms with Gasteiger partial charge in [-0.25, -0.2) is 0 Å². The van der Waals surface area contributed by atoms with Crippen LogP contribution in [0.1, 0.15) is 5.56 Å². The van der Waals surface area contributed by atoms with Crippen LogP contribution in [0.3, 0.4) is 0 Å². The van der Waals surface area contributed by atoms with Gasteiger partial charge in [0.1, 0.15) is 6.20 Å². The molecule has 0 radical (unpaired) electrons. The quantitative estimate of drug-likeness (QED) is 0.473. The first-order valence-corrected chi connectivity index (χ1v) is 3.60. The van der Waals surface area contributed by atoms with Crippen molar-refractivity contribution in [3.8, 4) is 0 Å². The highest BCUT2D eigenvalue weighted by Crippen LogP contribution is 1.94. The molecule has 2 rings (SSSR count). The van der Waals surface area contributed by atoms with Crippen molar-refractivity contribution in [2.45, 2.75) is 6.42 Å². The van der Waals surface area contributed by atoms with E-state index >= 15 is 0 Å². The summed E-state index contributed by atoms with van der Waals surface area (Å²) in [4.78, 5) is 4.19. The van der Waals surface area contributed by atoms with Gasteiger partial charge in [-0.05, 0) is 6.08 Å². The van der Waals surface area contributed by atoms with Gasteiger partial charge in [-0.15, -0.1) is 0 Å². The molecule has 1 heterocycles. The molecule has 0 N–H and O–H groups in total. The number of allylic oxidation sites excluding steroid dienone is 2. The molecule has 0 amide bonds. The molecule has 0 bridgehead atoms. The van der Waals surface area contributed by atoms with E-state index in [0.29, 0.717) is 0 Å². The second-order valence-corrected chi connectivity index (χ2v) is 2.61. The minimum absolute atomic E-state index is 0.743. The topological polar surface area (TPSA) is 12.9 Å². The first kappa shape index (κ1) is 6.26. The summed E-state index contributed by atoms with van der Waals surface area (Å²) in [7, 11) is 0. The van der Waals surface area contributed by atoms with Gasteiger partial charge in [0.05, 0.1) is 11.4 Å². The van der Waals surface area contributed by atoms with Crippen LogP contribution < -0.4 is 10.6 Å². The number of rotatable bonds is 0. The Labute approximate surface area is 65.4 Å². The number of aromatic nitrogens is 1. The molecule has 0 saturated heterocycles. The van der Waals surface area contributed by atoms with E-state index < -0.39 is 0 Å². The van der Waals surface area contributed by atoms with Crippen LogP contribution in [0.15, 0.2) is 24.4 Å². The van der Waals surface area contributed by atoms with Crippen LogP contribution in [-0.2, 0) is 6.42 Å². The molecule has 1 aliphatic rings. The molecule has 1 nitrogen and oxygen atoms in total. The van der Waals surface area contributed by atoms with Crippen molar-refractivity contribution in [1.29, 1.82) is 0 Å². The van der Waals surface area contributed by atoms with Gasteiger partial charge in [0.2, 0.25) is 0 Å². The summed E-state index contributed by atoms with van der Waals surface area (Å²) < 4.78 is 0. The predicted molar refractivity (Wildman–Crippen MR) is 45.3 cm³/mol. The maximum absolute atomic E-state index is 5.58. The van der Waals surface area contributed by atoms with Gasteiger partial charge in [-0.1, -0.05) is 12.2 Å². The van der Waals surface area contributed by atoms with E-state index in [4.69, 9.17) is 6.58 Å². The molecular formula is C10H8N+. The first-order valence-electron chi connectivity index (χ1n) is 3.60. The van der Waals surface area contributed by atoms with Gasteiger partial charge in [-0.2, -0.15) is 4.98 Å². The van der Waals surface area contributed by atoms with Crippen LogP contribution in [0.2, 0.25) is 0 Å². The van der Waals surface area contributed by atoms with Gasteiger partial charge in [0.25, 0.3) is 0 Å². The van der Waals surface area contributed by atoms with Crippen LogP contribution in [0.25, 0.3) is 12.7 Å². The van der Waals surface area contributed by atoms with E-state index in [1.54, 1.807) is 6.20 Å². The molecule has 0 fully saturated rings. The maximum Gasteiger partial charge on any atom is 0.199 e. The van der Waals surface area contributed by atoms with Gasteiger partial charge < -0.3 is 0 Å². The lowest BCUT2D eigenvalue weighted by molar-refractivity contribution is 1.11. The Hall–Kier alpha value is -1.46. The average molecular weight is 142 g/mol. The van der Waals surface area contributed by atoms with Crippen LogP contribution in [-0.4, -0.2) is 4.98 Å². The van der Waals surface area contributed by atoms with Crippen molar-refractivity contribution in [2.75, 3.05) is 0 Å². The Bertz CT molecular complexity index is 401. The molecule has 0 atom stereocenters. The van der Waals surface area contributed by atoms with E-state index in [2.05, 4.69) is 11.1 Å². The second-order valence-electron chi connectivity index (χ2n) is 2.61. The molecule has 0 unspecified atom stereocenters. The summed E-state index contributed by atoms with van der Waals surface area (Å²) in [5.41, 5.74) is 1.22. The Balaban J connectivity index is 2.77. The molecular weight excluding hydrogens is 134 g/mol. The van der Waals surface area contributed by atoms with Crippen LogP contribution in [0.4, 0.5) is 0 Å². The molecule has 1 aromatic heterocycles. The van der Waals surface area contributed by atoms with E-state index in [9.17, 15) is 0 Å². The number of pyridine rings is 1. The number of nitrogens with zero attached hydrogens (tertiary/aromatic N) is 1. The van der Waals surface area contributed by atoms with Crippen molar-refractivity contribution in [3.63, 3.8) is 0 Å². The highest BCUT2D eigenvalue weighted by atomic mass is 14.6. The monoisotopic (exact) mass is 142 g/mol. The fourth-order valence-corrected chi connectivity index (χ4v) is 1.21. The number of fused-ring (bicyclic) bond motifs is 1. The predicted octanol–water partition coefficient (Wildman–Crippen LogP) is 0.262. The summed E-state index contributed by atoms with van der Waals surface area (Å²) in [6, 6.07) is 1.97. The first-order chi connectivity index (χ1) is 5.36. The SMILES string of the molecule is [CH+]=c1cnc2c(c1)CC=CC=2. The smallest absolute Gasteiger partial charge is 0.188 e. The number of hydrogen-bond donors (Lipinski definition) is 0. The molecule has 1 aliphatic carbocycles. The fraction of sp³-hybridized carbons (Fsp3) is 0.100. The standard InChI is InChI=1S/C10H8N/c1-8-6-9-4-2-3-5-10(9)11-7-8/h1-3,5-7H,4H2/q+1. The highest BCUT2D eigenvalue weighted by molar-refractivity contribution is 5.41. The summed E-state index contributed by atoms with van der Waals surface area (Å²) in [6.07, 6.45) is 8.76. The third-order valence-corrected chi connectivity index (χ3v) is 1.75. The highest BCUT2D eigenvalue weighted by Gasteiger charge is 2.01. The van der Waals surface area contributed by atoms with Gasteiger partial charge in [0, 0.05) is 18.6 Å². The van der Waals surface area contributed by atoms with Crippen molar-refractivity contribution >= 4 is 12.7 Å². The lowest BCUT2D eigenvalue weighted by Crippen LogP contribution is -2.19. The lowest BCUT2D eigenvalue weighted by atomic mass is 10.1. The fourth-order valence-electron chi connectivity index (χ4n) is 1.21. The van der Waals surface area contributed by atoms with Crippen molar-refractivity contribution in [3.05, 3.63) is 40.5 Å². The van der Waals surface area contributed by atoms with E-state index in [-0.39, 0.29) is 0 Å². The molecule has 0 aliphatic heterocycles. The molecule has 11 heavy (non-hydrogen) atoms. The van der Waals surface area contributed by atoms with Crippen LogP contribution in [0, 0.1) is 0 Å². The molecule has 52 valence electrons. The molecule has 1 aromatic rings. The molecule has 0 saturated carbocycles. The van der Waals surface area contributed by atoms with E-state index in [1.165, 1.54) is 5.56 Å². The molecule has 0 aromatic carbocycles. The Kier molecular flexibility index (Phi) is 1.31. The van der Waals surface area contributed by atoms with Crippen LogP contribution in [0.5, 0.6) is 0 Å². The zero-order chi connectivity index (χ0) is 7.68. The molecule has 1 heteroatoms. The minimum atomic E-state index is 0.743. The average Bonchev–Trinajstić information content (AvgIpc) is 2.04. The van der Waals surface area contributed by atoms with Crippen molar-refractivity contribution < 1.29 is 0 Å². The Morgan fingerprint density at radius 2 is 2.36 bits per heavy atom. The maximum atomic E-state index is 5.58. The number of hydrogen-bond acceptors (Lipinski definition) is 1. The van der Waals surface area contributed by atoms with Crippen LogP contribution >= 0.6 is 0 Å². The summed E-state index contributed by atoms with van der Waals surface area (Å²) in [6.45, 7) is 5.58. The zero-order valence-corrected chi connectivity index (χ0v) is 6.12. The Morgan fingerprint density at radius 3 is 3.27 bits per heavy atom.